The summed E-state index contributed by atoms with van der Waals surface area (Å²) >= 11 is 0. The third kappa shape index (κ3) is 6.31. The Morgan fingerprint density at radius 2 is 1.78 bits per heavy atom. The van der Waals surface area contributed by atoms with Crippen LogP contribution < -0.4 is 19.1 Å². The van der Waals surface area contributed by atoms with Crippen molar-refractivity contribution in [3.8, 4) is 23.3 Å². The Balaban J connectivity index is 1.39. The third-order valence-electron chi connectivity index (χ3n) is 6.36. The Hall–Kier alpha value is -4.24. The summed E-state index contributed by atoms with van der Waals surface area (Å²) in [7, 11) is 0. The monoisotopic (exact) mass is 496 g/mol. The topological polar surface area (TPSA) is 71.8 Å². The molecule has 0 spiro atoms. The molecule has 0 N–H and O–H groups in total. The van der Waals surface area contributed by atoms with Crippen LogP contribution in [0.2, 0.25) is 0 Å². The number of nitriles is 1. The number of hydrogen-bond donors (Lipinski definition) is 0. The van der Waals surface area contributed by atoms with E-state index in [1.54, 1.807) is 17.0 Å². The maximum absolute atomic E-state index is 13.1. The van der Waals surface area contributed by atoms with Gasteiger partial charge in [-0.3, -0.25) is 4.79 Å². The number of ether oxygens (including phenoxy) is 3. The van der Waals surface area contributed by atoms with Crippen molar-refractivity contribution in [2.75, 3.05) is 31.3 Å². The molecule has 0 bridgehead atoms. The second-order valence-corrected chi connectivity index (χ2v) is 8.94. The van der Waals surface area contributed by atoms with Crippen molar-refractivity contribution in [2.45, 2.75) is 33.6 Å². The van der Waals surface area contributed by atoms with Gasteiger partial charge in [-0.05, 0) is 85.9 Å². The van der Waals surface area contributed by atoms with Crippen molar-refractivity contribution in [2.24, 2.45) is 0 Å². The summed E-state index contributed by atoms with van der Waals surface area (Å²) in [5, 5.41) is 9.74. The number of rotatable bonds is 10. The second-order valence-electron chi connectivity index (χ2n) is 8.94. The first-order valence-electron chi connectivity index (χ1n) is 12.6. The van der Waals surface area contributed by atoms with Crippen molar-refractivity contribution in [3.05, 3.63) is 88.5 Å². The van der Waals surface area contributed by atoms with Gasteiger partial charge in [-0.15, -0.1) is 0 Å². The van der Waals surface area contributed by atoms with Crippen molar-refractivity contribution in [1.29, 1.82) is 5.26 Å². The molecule has 6 heteroatoms. The number of hydrogen-bond acceptors (Lipinski definition) is 5. The molecule has 3 aromatic rings. The number of nitrogens with zero attached hydrogens (tertiary/aromatic N) is 2. The number of fused-ring (bicyclic) bond motifs is 1. The molecule has 6 nitrogen and oxygen atoms in total. The minimum absolute atomic E-state index is 0.0799. The highest BCUT2D eigenvalue weighted by atomic mass is 16.5. The van der Waals surface area contributed by atoms with Gasteiger partial charge in [-0.25, -0.2) is 0 Å². The standard InChI is InChI=1S/C31H32N2O4/c1-4-35-30-20-24(19-26(21-32)31(34)33-15-14-25-8-5-6-9-28(25)33)11-13-29(30)37-17-7-16-36-27-12-10-22(2)23(3)18-27/h5-6,8-13,18-20H,4,7,14-17H2,1-3H3. The minimum atomic E-state index is -0.297. The van der Waals surface area contributed by atoms with Gasteiger partial charge in [0.15, 0.2) is 11.5 Å². The number of aryl methyl sites for hydroxylation is 2. The van der Waals surface area contributed by atoms with Gasteiger partial charge in [0.2, 0.25) is 0 Å². The first-order chi connectivity index (χ1) is 18.0. The van der Waals surface area contributed by atoms with Crippen LogP contribution in [-0.2, 0) is 11.2 Å². The summed E-state index contributed by atoms with van der Waals surface area (Å²) in [5.41, 5.74) is 5.21. The van der Waals surface area contributed by atoms with E-state index < -0.39 is 0 Å². The number of carbonyl (C=O) groups is 1. The predicted octanol–water partition coefficient (Wildman–Crippen LogP) is 6.05. The number of benzene rings is 3. The molecule has 3 aromatic carbocycles. The summed E-state index contributed by atoms with van der Waals surface area (Å²) in [4.78, 5) is 14.8. The van der Waals surface area contributed by atoms with E-state index in [0.717, 1.165) is 23.4 Å². The Morgan fingerprint density at radius 1 is 0.973 bits per heavy atom. The normalized spacial score (nSPS) is 12.6. The SMILES string of the molecule is CCOc1cc(C=C(C#N)C(=O)N2CCc3ccccc32)ccc1OCCCOc1ccc(C)c(C)c1. The zero-order valence-corrected chi connectivity index (χ0v) is 21.6. The molecular weight excluding hydrogens is 464 g/mol. The fourth-order valence-corrected chi connectivity index (χ4v) is 4.24. The molecule has 1 aliphatic rings. The van der Waals surface area contributed by atoms with E-state index in [2.05, 4.69) is 26.0 Å². The lowest BCUT2D eigenvalue weighted by atomic mass is 10.1. The van der Waals surface area contributed by atoms with Gasteiger partial charge in [0.05, 0.1) is 19.8 Å². The first kappa shape index (κ1) is 25.8. The molecule has 0 radical (unpaired) electrons. The Morgan fingerprint density at radius 3 is 2.57 bits per heavy atom. The van der Waals surface area contributed by atoms with E-state index in [1.165, 1.54) is 11.1 Å². The quantitative estimate of drug-likeness (QED) is 0.194. The maximum atomic E-state index is 13.1. The van der Waals surface area contributed by atoms with Gasteiger partial charge >= 0.3 is 0 Å². The van der Waals surface area contributed by atoms with Crippen LogP contribution in [0.3, 0.4) is 0 Å². The van der Waals surface area contributed by atoms with Crippen LogP contribution in [0.25, 0.3) is 6.08 Å². The van der Waals surface area contributed by atoms with Crippen LogP contribution in [0.15, 0.2) is 66.2 Å². The van der Waals surface area contributed by atoms with Crippen LogP contribution in [-0.4, -0.2) is 32.3 Å². The lowest BCUT2D eigenvalue weighted by Crippen LogP contribution is -2.29. The molecule has 0 aliphatic carbocycles. The molecule has 4 rings (SSSR count). The molecule has 0 saturated heterocycles. The molecule has 190 valence electrons. The van der Waals surface area contributed by atoms with Gasteiger partial charge < -0.3 is 19.1 Å². The van der Waals surface area contributed by atoms with Crippen molar-refractivity contribution >= 4 is 17.7 Å². The van der Waals surface area contributed by atoms with Gasteiger partial charge in [0, 0.05) is 18.7 Å². The van der Waals surface area contributed by atoms with Crippen LogP contribution in [0.5, 0.6) is 17.2 Å². The number of carbonyl (C=O) groups excluding carboxylic acids is 1. The fraction of sp³-hybridized carbons (Fsp3) is 0.290. The van der Waals surface area contributed by atoms with Crippen molar-refractivity contribution < 1.29 is 19.0 Å². The molecule has 1 amide bonds. The lowest BCUT2D eigenvalue weighted by Gasteiger charge is -2.17. The molecule has 0 aromatic heterocycles. The molecule has 37 heavy (non-hydrogen) atoms. The maximum Gasteiger partial charge on any atom is 0.268 e. The smallest absolute Gasteiger partial charge is 0.268 e. The first-order valence-corrected chi connectivity index (χ1v) is 12.6. The summed E-state index contributed by atoms with van der Waals surface area (Å²) in [6, 6.07) is 21.4. The van der Waals surface area contributed by atoms with E-state index in [1.807, 2.05) is 55.5 Å². The molecule has 1 heterocycles. The number of anilines is 1. The van der Waals surface area contributed by atoms with Crippen molar-refractivity contribution in [1.82, 2.24) is 0 Å². The highest BCUT2D eigenvalue weighted by Crippen LogP contribution is 2.31. The van der Waals surface area contributed by atoms with Gasteiger partial charge in [0.25, 0.3) is 5.91 Å². The highest BCUT2D eigenvalue weighted by molar-refractivity contribution is 6.12. The van der Waals surface area contributed by atoms with Crippen LogP contribution in [0.4, 0.5) is 5.69 Å². The van der Waals surface area contributed by atoms with Gasteiger partial charge in [-0.2, -0.15) is 5.26 Å². The Kier molecular flexibility index (Phi) is 8.48. The minimum Gasteiger partial charge on any atom is -0.493 e. The summed E-state index contributed by atoms with van der Waals surface area (Å²) in [6.45, 7) is 8.10. The summed E-state index contributed by atoms with van der Waals surface area (Å²) in [6.07, 6.45) is 3.11. The lowest BCUT2D eigenvalue weighted by molar-refractivity contribution is -0.114. The molecule has 0 atom stereocenters. The van der Waals surface area contributed by atoms with Crippen LogP contribution in [0, 0.1) is 25.2 Å². The summed E-state index contributed by atoms with van der Waals surface area (Å²) in [5.74, 6) is 1.75. The Labute approximate surface area is 218 Å². The van der Waals surface area contributed by atoms with Gasteiger partial charge in [-0.1, -0.05) is 30.3 Å². The highest BCUT2D eigenvalue weighted by Gasteiger charge is 2.26. The Bertz CT molecular complexity index is 1340. The third-order valence-corrected chi connectivity index (χ3v) is 6.36. The fourth-order valence-electron chi connectivity index (χ4n) is 4.24. The van der Waals surface area contributed by atoms with E-state index in [9.17, 15) is 10.1 Å². The molecule has 0 saturated carbocycles. The van der Waals surface area contributed by atoms with E-state index >= 15 is 0 Å². The number of amides is 1. The largest absolute Gasteiger partial charge is 0.493 e. The molecule has 0 fully saturated rings. The van der Waals surface area contributed by atoms with E-state index in [-0.39, 0.29) is 11.5 Å². The molecule has 1 aliphatic heterocycles. The van der Waals surface area contributed by atoms with Crippen LogP contribution >= 0.6 is 0 Å². The average molecular weight is 497 g/mol. The predicted molar refractivity (Wildman–Crippen MR) is 145 cm³/mol. The van der Waals surface area contributed by atoms with E-state index in [4.69, 9.17) is 14.2 Å². The van der Waals surface area contributed by atoms with Crippen LogP contribution in [0.1, 0.15) is 35.6 Å². The van der Waals surface area contributed by atoms with E-state index in [0.29, 0.717) is 49.8 Å². The molecule has 0 unspecified atom stereocenters. The van der Waals surface area contributed by atoms with Gasteiger partial charge in [0.1, 0.15) is 17.4 Å². The van der Waals surface area contributed by atoms with Crippen molar-refractivity contribution in [3.63, 3.8) is 0 Å². The number of para-hydroxylation sites is 1. The second kappa shape index (κ2) is 12.1. The zero-order valence-electron chi connectivity index (χ0n) is 21.6. The zero-order chi connectivity index (χ0) is 26.2. The summed E-state index contributed by atoms with van der Waals surface area (Å²) < 4.78 is 17.6. The molecular formula is C31H32N2O4. The average Bonchev–Trinajstić information content (AvgIpc) is 3.34.